The number of fused-ring (bicyclic) bond motifs is 1. The zero-order chi connectivity index (χ0) is 10.8. The van der Waals surface area contributed by atoms with Crippen LogP contribution in [0.4, 0.5) is 0 Å². The molecule has 0 aliphatic rings. The monoisotopic (exact) mass is 218 g/mol. The van der Waals surface area contributed by atoms with Crippen molar-refractivity contribution in [2.24, 2.45) is 0 Å². The zero-order valence-corrected chi connectivity index (χ0v) is 9.88. The van der Waals surface area contributed by atoms with Crippen LogP contribution in [0.5, 0.6) is 0 Å². The van der Waals surface area contributed by atoms with E-state index in [0.717, 1.165) is 6.42 Å². The first-order chi connectivity index (χ1) is 7.24. The molecule has 1 heteroatoms. The first-order valence-electron chi connectivity index (χ1n) is 5.36. The van der Waals surface area contributed by atoms with Crippen LogP contribution in [0, 0.1) is 6.92 Å². The van der Waals surface area contributed by atoms with E-state index >= 15 is 0 Å². The lowest BCUT2D eigenvalue weighted by Gasteiger charge is -2.12. The predicted molar refractivity (Wildman–Crippen MR) is 67.6 cm³/mol. The van der Waals surface area contributed by atoms with Crippen molar-refractivity contribution in [2.45, 2.75) is 25.6 Å². The van der Waals surface area contributed by atoms with Crippen molar-refractivity contribution in [1.29, 1.82) is 0 Å². The van der Waals surface area contributed by atoms with Gasteiger partial charge in [-0.15, -0.1) is 11.6 Å². The zero-order valence-electron chi connectivity index (χ0n) is 9.13. The molecule has 0 fully saturated rings. The van der Waals surface area contributed by atoms with Gasteiger partial charge in [-0.1, -0.05) is 43.3 Å². The highest BCUT2D eigenvalue weighted by atomic mass is 35.5. The molecule has 0 saturated carbocycles. The summed E-state index contributed by atoms with van der Waals surface area (Å²) in [6.45, 7) is 4.27. The van der Waals surface area contributed by atoms with Gasteiger partial charge in [0.1, 0.15) is 0 Å². The molecule has 0 N–H and O–H groups in total. The van der Waals surface area contributed by atoms with Crippen LogP contribution in [-0.2, 0) is 0 Å². The van der Waals surface area contributed by atoms with Gasteiger partial charge in [0.05, 0.1) is 5.38 Å². The van der Waals surface area contributed by atoms with Crippen LogP contribution < -0.4 is 0 Å². The van der Waals surface area contributed by atoms with Crippen LogP contribution in [0.15, 0.2) is 36.4 Å². The second kappa shape index (κ2) is 4.24. The first kappa shape index (κ1) is 10.5. The fourth-order valence-electron chi connectivity index (χ4n) is 2.00. The maximum Gasteiger partial charge on any atom is 0.0585 e. The molecule has 0 amide bonds. The van der Waals surface area contributed by atoms with Crippen molar-refractivity contribution < 1.29 is 0 Å². The molecule has 2 rings (SSSR count). The molecule has 0 bridgehead atoms. The van der Waals surface area contributed by atoms with Crippen molar-refractivity contribution >= 4 is 22.4 Å². The number of halogens is 1. The molecule has 15 heavy (non-hydrogen) atoms. The van der Waals surface area contributed by atoms with Gasteiger partial charge in [0, 0.05) is 0 Å². The van der Waals surface area contributed by atoms with Crippen molar-refractivity contribution in [3.8, 4) is 0 Å². The smallest absolute Gasteiger partial charge is 0.0585 e. The van der Waals surface area contributed by atoms with Crippen LogP contribution in [0.2, 0.25) is 0 Å². The Labute approximate surface area is 95.9 Å². The molecule has 0 heterocycles. The van der Waals surface area contributed by atoms with Crippen LogP contribution >= 0.6 is 11.6 Å². The van der Waals surface area contributed by atoms with Crippen molar-refractivity contribution in [3.05, 3.63) is 47.5 Å². The number of hydrogen-bond donors (Lipinski definition) is 0. The Bertz CT molecular complexity index is 474. The maximum atomic E-state index is 6.30. The van der Waals surface area contributed by atoms with Gasteiger partial charge >= 0.3 is 0 Å². The van der Waals surface area contributed by atoms with E-state index in [2.05, 4.69) is 50.2 Å². The molecule has 0 radical (unpaired) electrons. The second-order valence-electron chi connectivity index (χ2n) is 3.88. The van der Waals surface area contributed by atoms with Gasteiger partial charge < -0.3 is 0 Å². The Hall–Kier alpha value is -1.01. The van der Waals surface area contributed by atoms with Gasteiger partial charge in [-0.2, -0.15) is 0 Å². The average molecular weight is 219 g/mol. The summed E-state index contributed by atoms with van der Waals surface area (Å²) in [5.74, 6) is 0. The molecule has 0 saturated heterocycles. The molecule has 0 aromatic heterocycles. The second-order valence-corrected chi connectivity index (χ2v) is 4.40. The minimum atomic E-state index is 0.134. The molecule has 2 aromatic carbocycles. The summed E-state index contributed by atoms with van der Waals surface area (Å²) in [4.78, 5) is 0. The van der Waals surface area contributed by atoms with E-state index in [0.29, 0.717) is 0 Å². The van der Waals surface area contributed by atoms with E-state index in [-0.39, 0.29) is 5.38 Å². The summed E-state index contributed by atoms with van der Waals surface area (Å²) in [6.07, 6.45) is 0.973. The Morgan fingerprint density at radius 1 is 1.13 bits per heavy atom. The largest absolute Gasteiger partial charge is 0.118 e. The van der Waals surface area contributed by atoms with Crippen molar-refractivity contribution in [3.63, 3.8) is 0 Å². The van der Waals surface area contributed by atoms with Crippen molar-refractivity contribution in [1.82, 2.24) is 0 Å². The van der Waals surface area contributed by atoms with Crippen LogP contribution in [0.1, 0.15) is 29.8 Å². The van der Waals surface area contributed by atoms with Crippen LogP contribution in [0.3, 0.4) is 0 Å². The molecule has 0 aliphatic carbocycles. The summed E-state index contributed by atoms with van der Waals surface area (Å²) in [5.41, 5.74) is 2.58. The first-order valence-corrected chi connectivity index (χ1v) is 5.80. The Balaban J connectivity index is 2.65. The number of benzene rings is 2. The highest BCUT2D eigenvalue weighted by Gasteiger charge is 2.09. The Morgan fingerprint density at radius 2 is 1.87 bits per heavy atom. The molecule has 1 unspecified atom stereocenters. The van der Waals surface area contributed by atoms with Crippen molar-refractivity contribution in [2.75, 3.05) is 0 Å². The van der Waals surface area contributed by atoms with E-state index in [9.17, 15) is 0 Å². The number of rotatable bonds is 2. The molecule has 1 atom stereocenters. The van der Waals surface area contributed by atoms with E-state index in [4.69, 9.17) is 11.6 Å². The normalized spacial score (nSPS) is 13.0. The quantitative estimate of drug-likeness (QED) is 0.633. The highest BCUT2D eigenvalue weighted by Crippen LogP contribution is 2.31. The summed E-state index contributed by atoms with van der Waals surface area (Å²) in [5, 5.41) is 2.74. The average Bonchev–Trinajstić information content (AvgIpc) is 2.29. The maximum absolute atomic E-state index is 6.30. The van der Waals surface area contributed by atoms with Gasteiger partial charge in [-0.25, -0.2) is 0 Å². The topological polar surface area (TPSA) is 0 Å². The van der Waals surface area contributed by atoms with E-state index in [1.165, 1.54) is 21.9 Å². The Morgan fingerprint density at radius 3 is 2.60 bits per heavy atom. The van der Waals surface area contributed by atoms with E-state index in [1.807, 2.05) is 0 Å². The lowest BCUT2D eigenvalue weighted by Crippen LogP contribution is -1.93. The molecule has 0 nitrogen and oxygen atoms in total. The Kier molecular flexibility index (Phi) is 2.97. The summed E-state index contributed by atoms with van der Waals surface area (Å²) in [7, 11) is 0. The fourth-order valence-corrected chi connectivity index (χ4v) is 2.24. The SMILES string of the molecule is CCC(Cl)c1ccc2ccccc2c1C. The summed E-state index contributed by atoms with van der Waals surface area (Å²) in [6, 6.07) is 12.8. The van der Waals surface area contributed by atoms with Crippen LogP contribution in [-0.4, -0.2) is 0 Å². The molecule has 78 valence electrons. The van der Waals surface area contributed by atoms with Gasteiger partial charge in [0.25, 0.3) is 0 Å². The van der Waals surface area contributed by atoms with Gasteiger partial charge in [0.15, 0.2) is 0 Å². The fraction of sp³-hybridized carbons (Fsp3) is 0.286. The van der Waals surface area contributed by atoms with Gasteiger partial charge in [0.2, 0.25) is 0 Å². The highest BCUT2D eigenvalue weighted by molar-refractivity contribution is 6.21. The lowest BCUT2D eigenvalue weighted by atomic mass is 9.97. The standard InChI is InChI=1S/C14H15Cl/c1-3-14(15)13-9-8-11-6-4-5-7-12(11)10(13)2/h4-9,14H,3H2,1-2H3. The van der Waals surface area contributed by atoms with E-state index in [1.54, 1.807) is 0 Å². The minimum Gasteiger partial charge on any atom is -0.118 e. The van der Waals surface area contributed by atoms with Gasteiger partial charge in [-0.05, 0) is 35.2 Å². The lowest BCUT2D eigenvalue weighted by molar-refractivity contribution is 0.878. The molecular formula is C14H15Cl. The van der Waals surface area contributed by atoms with Crippen LogP contribution in [0.25, 0.3) is 10.8 Å². The molecule has 0 spiro atoms. The van der Waals surface area contributed by atoms with E-state index < -0.39 is 0 Å². The summed E-state index contributed by atoms with van der Waals surface area (Å²) >= 11 is 6.30. The molecular weight excluding hydrogens is 204 g/mol. The summed E-state index contributed by atoms with van der Waals surface area (Å²) < 4.78 is 0. The van der Waals surface area contributed by atoms with Gasteiger partial charge in [-0.3, -0.25) is 0 Å². The number of aryl methyl sites for hydroxylation is 1. The predicted octanol–water partition coefficient (Wildman–Crippen LogP) is 4.84. The third kappa shape index (κ3) is 1.87. The molecule has 2 aromatic rings. The minimum absolute atomic E-state index is 0.134. The number of alkyl halides is 1. The number of hydrogen-bond acceptors (Lipinski definition) is 0. The third-order valence-corrected chi connectivity index (χ3v) is 3.48. The molecule has 0 aliphatic heterocycles. The third-order valence-electron chi connectivity index (χ3n) is 2.94.